The Labute approximate surface area is 147 Å². The molecule has 0 aliphatic heterocycles. The predicted molar refractivity (Wildman–Crippen MR) is 91.0 cm³/mol. The maximum atomic E-state index is 12.7. The molecule has 0 radical (unpaired) electrons. The van der Waals surface area contributed by atoms with Crippen LogP contribution in [0.25, 0.3) is 0 Å². The van der Waals surface area contributed by atoms with Gasteiger partial charge in [-0.2, -0.15) is 21.6 Å². The van der Waals surface area contributed by atoms with Crippen molar-refractivity contribution < 1.29 is 26.1 Å². The molecule has 2 rings (SSSR count). The summed E-state index contributed by atoms with van der Waals surface area (Å²) in [5.74, 6) is -0.124. The zero-order valence-electron chi connectivity index (χ0n) is 14.3. The highest BCUT2D eigenvalue weighted by atomic mass is 32.2. The number of unbranched alkanes of at least 4 members (excludes halogenated alkanes) is 1. The van der Waals surface area contributed by atoms with Crippen LogP contribution < -0.4 is 0 Å². The average Bonchev–Trinajstić information content (AvgIpc) is 2.99. The van der Waals surface area contributed by atoms with Gasteiger partial charge in [0.05, 0.1) is 11.3 Å². The summed E-state index contributed by atoms with van der Waals surface area (Å²) in [5.41, 5.74) is 0.251. The summed E-state index contributed by atoms with van der Waals surface area (Å²) in [6, 6.07) is 5.39. The molecule has 0 aromatic heterocycles. The second-order valence-electron chi connectivity index (χ2n) is 7.15. The minimum absolute atomic E-state index is 0.00103. The molecule has 0 bridgehead atoms. The van der Waals surface area contributed by atoms with Crippen LogP contribution in [0.15, 0.2) is 24.3 Å². The molecule has 0 spiro atoms. The van der Waals surface area contributed by atoms with E-state index in [1.807, 2.05) is 0 Å². The Morgan fingerprint density at radius 1 is 1.12 bits per heavy atom. The van der Waals surface area contributed by atoms with Crippen molar-refractivity contribution in [3.8, 4) is 0 Å². The highest BCUT2D eigenvalue weighted by Crippen LogP contribution is 2.52. The molecular weight excluding hydrogens is 353 g/mol. The second-order valence-corrected chi connectivity index (χ2v) is 8.73. The van der Waals surface area contributed by atoms with E-state index < -0.39 is 21.9 Å². The van der Waals surface area contributed by atoms with Gasteiger partial charge in [0.25, 0.3) is 10.1 Å². The fourth-order valence-electron chi connectivity index (χ4n) is 4.05. The van der Waals surface area contributed by atoms with Crippen molar-refractivity contribution in [2.24, 2.45) is 5.41 Å². The minimum Gasteiger partial charge on any atom is -0.286 e. The van der Waals surface area contributed by atoms with Crippen LogP contribution in [-0.2, 0) is 16.3 Å². The summed E-state index contributed by atoms with van der Waals surface area (Å²) >= 11 is 0. The number of hydrogen-bond acceptors (Lipinski definition) is 2. The normalized spacial score (nSPS) is 19.1. The van der Waals surface area contributed by atoms with Crippen molar-refractivity contribution in [3.63, 3.8) is 0 Å². The maximum absolute atomic E-state index is 12.7. The van der Waals surface area contributed by atoms with Gasteiger partial charge in [-0.05, 0) is 54.7 Å². The number of alkyl halides is 3. The summed E-state index contributed by atoms with van der Waals surface area (Å²) < 4.78 is 68.7. The summed E-state index contributed by atoms with van der Waals surface area (Å²) in [6.07, 6.45) is 1.76. The molecule has 1 saturated carbocycles. The summed E-state index contributed by atoms with van der Waals surface area (Å²) in [4.78, 5) is 0. The lowest BCUT2D eigenvalue weighted by molar-refractivity contribution is -0.137. The Hall–Kier alpha value is -1.08. The van der Waals surface area contributed by atoms with Crippen molar-refractivity contribution in [1.29, 1.82) is 0 Å². The van der Waals surface area contributed by atoms with Gasteiger partial charge in [0.1, 0.15) is 0 Å². The van der Waals surface area contributed by atoms with E-state index in [-0.39, 0.29) is 17.1 Å². The van der Waals surface area contributed by atoms with Gasteiger partial charge in [-0.25, -0.2) is 0 Å². The monoisotopic (exact) mass is 378 g/mol. The third-order valence-electron chi connectivity index (χ3n) is 5.58. The van der Waals surface area contributed by atoms with Gasteiger partial charge in [0.2, 0.25) is 0 Å². The second kappa shape index (κ2) is 7.66. The van der Waals surface area contributed by atoms with Gasteiger partial charge in [-0.15, -0.1) is 0 Å². The summed E-state index contributed by atoms with van der Waals surface area (Å²) in [6.45, 7) is 2.05. The Morgan fingerprint density at radius 2 is 1.68 bits per heavy atom. The van der Waals surface area contributed by atoms with Crippen LogP contribution in [0.2, 0.25) is 0 Å². The van der Waals surface area contributed by atoms with Gasteiger partial charge in [-0.1, -0.05) is 38.3 Å². The molecule has 1 atom stereocenters. The van der Waals surface area contributed by atoms with Crippen molar-refractivity contribution in [2.45, 2.75) is 64.0 Å². The van der Waals surface area contributed by atoms with E-state index in [0.717, 1.165) is 49.8 Å². The molecule has 1 aromatic rings. The molecule has 3 nitrogen and oxygen atoms in total. The SMILES string of the molecule is CC(c1ccc(C(F)(F)F)cc1)C1(CCCCS(=O)(=O)O)CCCC1. The quantitative estimate of drug-likeness (QED) is 0.509. The largest absolute Gasteiger partial charge is 0.416 e. The first-order chi connectivity index (χ1) is 11.5. The smallest absolute Gasteiger partial charge is 0.286 e. The number of hydrogen-bond donors (Lipinski definition) is 1. The van der Waals surface area contributed by atoms with Crippen molar-refractivity contribution >= 4 is 10.1 Å². The lowest BCUT2D eigenvalue weighted by Gasteiger charge is -2.36. The molecule has 1 aromatic carbocycles. The van der Waals surface area contributed by atoms with E-state index in [1.54, 1.807) is 12.1 Å². The van der Waals surface area contributed by atoms with Crippen molar-refractivity contribution in [3.05, 3.63) is 35.4 Å². The first-order valence-electron chi connectivity index (χ1n) is 8.66. The molecule has 0 heterocycles. The summed E-state index contributed by atoms with van der Waals surface area (Å²) in [7, 11) is -3.94. The van der Waals surface area contributed by atoms with Gasteiger partial charge >= 0.3 is 6.18 Å². The van der Waals surface area contributed by atoms with Crippen LogP contribution in [0, 0.1) is 5.41 Å². The van der Waals surface area contributed by atoms with Crippen LogP contribution >= 0.6 is 0 Å². The van der Waals surface area contributed by atoms with Gasteiger partial charge < -0.3 is 0 Å². The molecule has 142 valence electrons. The summed E-state index contributed by atoms with van der Waals surface area (Å²) in [5, 5.41) is 0. The lowest BCUT2D eigenvalue weighted by Crippen LogP contribution is -2.24. The van der Waals surface area contributed by atoms with E-state index in [1.165, 1.54) is 0 Å². The Bertz CT molecular complexity index is 660. The van der Waals surface area contributed by atoms with Crippen molar-refractivity contribution in [1.82, 2.24) is 0 Å². The Kier molecular flexibility index (Phi) is 6.20. The van der Waals surface area contributed by atoms with Gasteiger partial charge in [0, 0.05) is 0 Å². The first-order valence-corrected chi connectivity index (χ1v) is 10.3. The van der Waals surface area contributed by atoms with Gasteiger partial charge in [0.15, 0.2) is 0 Å². The fourth-order valence-corrected chi connectivity index (χ4v) is 4.62. The molecule has 1 unspecified atom stereocenters. The molecule has 7 heteroatoms. The van der Waals surface area contributed by atoms with E-state index in [2.05, 4.69) is 6.92 Å². The Morgan fingerprint density at radius 3 is 2.16 bits per heavy atom. The van der Waals surface area contributed by atoms with E-state index in [4.69, 9.17) is 4.55 Å². The van der Waals surface area contributed by atoms with E-state index >= 15 is 0 Å². The standard InChI is InChI=1S/C18H25F3O3S/c1-14(15-6-8-16(9-7-15)18(19,20)21)17(10-2-3-11-17)12-4-5-13-25(22,23)24/h6-9,14H,2-5,10-13H2,1H3,(H,22,23,24). The zero-order valence-corrected chi connectivity index (χ0v) is 15.2. The van der Waals surface area contributed by atoms with E-state index in [9.17, 15) is 21.6 Å². The third kappa shape index (κ3) is 5.45. The van der Waals surface area contributed by atoms with Crippen LogP contribution in [0.4, 0.5) is 13.2 Å². The molecular formula is C18H25F3O3S. The van der Waals surface area contributed by atoms with Crippen LogP contribution in [-0.4, -0.2) is 18.7 Å². The molecule has 1 N–H and O–H groups in total. The van der Waals surface area contributed by atoms with Gasteiger partial charge in [-0.3, -0.25) is 4.55 Å². The lowest BCUT2D eigenvalue weighted by atomic mass is 9.68. The molecule has 1 fully saturated rings. The third-order valence-corrected chi connectivity index (χ3v) is 6.39. The van der Waals surface area contributed by atoms with E-state index in [0.29, 0.717) is 12.8 Å². The fraction of sp³-hybridized carbons (Fsp3) is 0.667. The predicted octanol–water partition coefficient (Wildman–Crippen LogP) is 5.43. The van der Waals surface area contributed by atoms with Crippen LogP contribution in [0.5, 0.6) is 0 Å². The average molecular weight is 378 g/mol. The molecule has 0 amide bonds. The Balaban J connectivity index is 2.08. The van der Waals surface area contributed by atoms with Crippen LogP contribution in [0.1, 0.15) is 68.9 Å². The molecule has 1 aliphatic rings. The van der Waals surface area contributed by atoms with Crippen molar-refractivity contribution in [2.75, 3.05) is 5.75 Å². The topological polar surface area (TPSA) is 54.4 Å². The number of halogens is 3. The number of rotatable bonds is 7. The maximum Gasteiger partial charge on any atom is 0.416 e. The van der Waals surface area contributed by atoms with Crippen LogP contribution in [0.3, 0.4) is 0 Å². The zero-order chi connectivity index (χ0) is 18.7. The highest BCUT2D eigenvalue weighted by Gasteiger charge is 2.39. The molecule has 25 heavy (non-hydrogen) atoms. The highest BCUT2D eigenvalue weighted by molar-refractivity contribution is 7.85. The number of benzene rings is 1. The minimum atomic E-state index is -4.33. The molecule has 1 aliphatic carbocycles. The first kappa shape index (κ1) is 20.2. The molecule has 0 saturated heterocycles.